The van der Waals surface area contributed by atoms with Crippen LogP contribution < -0.4 is 4.74 Å². The topological polar surface area (TPSA) is 42.0 Å². The van der Waals surface area contributed by atoms with Crippen molar-refractivity contribution in [1.29, 1.82) is 0 Å². The summed E-state index contributed by atoms with van der Waals surface area (Å²) in [5.41, 5.74) is 6.19. The number of carbonyl (C=O) groups is 1. The number of likely N-dealkylation sites (tertiary alicyclic amines) is 1. The number of aryl methyl sites for hydroxylation is 1. The third kappa shape index (κ3) is 5.86. The number of methoxy groups -OCH3 is 1. The molecule has 1 aromatic heterocycles. The van der Waals surface area contributed by atoms with E-state index in [9.17, 15) is 4.79 Å². The number of ketones is 1. The number of carbonyl (C=O) groups excluding carboxylic acids is 1. The van der Waals surface area contributed by atoms with Crippen LogP contribution in [-0.4, -0.2) is 68.6 Å². The Balaban J connectivity index is 1.31. The zero-order valence-corrected chi connectivity index (χ0v) is 24.4. The van der Waals surface area contributed by atoms with Crippen molar-refractivity contribution in [3.63, 3.8) is 0 Å². The van der Waals surface area contributed by atoms with Crippen LogP contribution in [0.25, 0.3) is 20.5 Å². The summed E-state index contributed by atoms with van der Waals surface area (Å²) in [5, 5.41) is 1.02. The van der Waals surface area contributed by atoms with Gasteiger partial charge in [0, 0.05) is 57.8 Å². The molecule has 0 aliphatic carbocycles. The van der Waals surface area contributed by atoms with E-state index in [4.69, 9.17) is 9.47 Å². The largest absolute Gasteiger partial charge is 0.496 e. The van der Waals surface area contributed by atoms with Gasteiger partial charge in [-0.15, -0.1) is 11.3 Å². The van der Waals surface area contributed by atoms with Crippen LogP contribution >= 0.6 is 11.3 Å². The highest BCUT2D eigenvalue weighted by molar-refractivity contribution is 7.22. The normalized spacial score (nSPS) is 16.6. The summed E-state index contributed by atoms with van der Waals surface area (Å²) in [6.45, 7) is 9.79. The number of benzene rings is 3. The number of hydrogen-bond donors (Lipinski definition) is 0. The molecule has 2 aliphatic rings. The van der Waals surface area contributed by atoms with Gasteiger partial charge in [-0.2, -0.15) is 0 Å². The molecular formula is C34H38N2O3S. The molecular weight excluding hydrogens is 516 g/mol. The van der Waals surface area contributed by atoms with E-state index in [1.807, 2.05) is 12.1 Å². The lowest BCUT2D eigenvalue weighted by Gasteiger charge is -2.27. The lowest BCUT2D eigenvalue weighted by atomic mass is 9.95. The third-order valence-corrected chi connectivity index (χ3v) is 9.45. The minimum atomic E-state index is 0.0411. The summed E-state index contributed by atoms with van der Waals surface area (Å²) in [4.78, 5) is 20.2. The number of ether oxygens (including phenoxy) is 2. The van der Waals surface area contributed by atoms with E-state index in [0.29, 0.717) is 5.56 Å². The Bertz CT molecular complexity index is 1480. The Labute approximate surface area is 241 Å². The fourth-order valence-corrected chi connectivity index (χ4v) is 7.21. The molecule has 0 radical (unpaired) electrons. The minimum Gasteiger partial charge on any atom is -0.496 e. The lowest BCUT2D eigenvalue weighted by Crippen LogP contribution is -2.35. The summed E-state index contributed by atoms with van der Waals surface area (Å²) >= 11 is 1.71. The van der Waals surface area contributed by atoms with Gasteiger partial charge in [0.05, 0.1) is 20.3 Å². The van der Waals surface area contributed by atoms with Crippen molar-refractivity contribution in [2.75, 3.05) is 53.0 Å². The molecule has 0 N–H and O–H groups in total. The van der Waals surface area contributed by atoms with Gasteiger partial charge in [0.2, 0.25) is 0 Å². The molecule has 0 bridgehead atoms. The van der Waals surface area contributed by atoms with Crippen LogP contribution in [0.2, 0.25) is 0 Å². The number of rotatable bonds is 9. The zero-order chi connectivity index (χ0) is 27.5. The predicted octanol–water partition coefficient (Wildman–Crippen LogP) is 6.59. The summed E-state index contributed by atoms with van der Waals surface area (Å²) in [6.07, 6.45) is 3.71. The molecule has 0 spiro atoms. The van der Waals surface area contributed by atoms with Crippen LogP contribution in [0, 0.1) is 6.92 Å². The predicted molar refractivity (Wildman–Crippen MR) is 164 cm³/mol. The van der Waals surface area contributed by atoms with Crippen LogP contribution in [0.1, 0.15) is 45.5 Å². The fraction of sp³-hybridized carbons (Fsp3) is 0.382. The first-order chi connectivity index (χ1) is 19.6. The second kappa shape index (κ2) is 12.2. The van der Waals surface area contributed by atoms with Gasteiger partial charge in [0.1, 0.15) is 5.75 Å². The number of fused-ring (bicyclic) bond motifs is 1. The maximum atomic E-state index is 14.2. The summed E-state index contributed by atoms with van der Waals surface area (Å²) in [6, 6.07) is 21.2. The van der Waals surface area contributed by atoms with Gasteiger partial charge in [-0.3, -0.25) is 9.69 Å². The minimum absolute atomic E-state index is 0.0411. The lowest BCUT2D eigenvalue weighted by molar-refractivity contribution is 0.0339. The van der Waals surface area contributed by atoms with Crippen molar-refractivity contribution in [3.05, 3.63) is 88.5 Å². The number of morpholine rings is 1. The van der Waals surface area contributed by atoms with E-state index in [-0.39, 0.29) is 5.78 Å². The fourth-order valence-electron chi connectivity index (χ4n) is 5.91. The van der Waals surface area contributed by atoms with E-state index in [2.05, 4.69) is 65.3 Å². The second-order valence-corrected chi connectivity index (χ2v) is 12.1. The second-order valence-electron chi connectivity index (χ2n) is 11.0. The number of nitrogens with zero attached hydrogens (tertiary/aromatic N) is 2. The van der Waals surface area contributed by atoms with E-state index in [1.165, 1.54) is 37.1 Å². The van der Waals surface area contributed by atoms with Crippen LogP contribution in [0.5, 0.6) is 5.75 Å². The Morgan fingerprint density at radius 2 is 1.70 bits per heavy atom. The highest BCUT2D eigenvalue weighted by Gasteiger charge is 2.23. The molecule has 6 rings (SSSR count). The Morgan fingerprint density at radius 3 is 2.45 bits per heavy atom. The molecule has 0 atom stereocenters. The molecule has 5 nitrogen and oxygen atoms in total. The van der Waals surface area contributed by atoms with Gasteiger partial charge in [0.25, 0.3) is 0 Å². The average Bonchev–Trinajstić information content (AvgIpc) is 3.64. The zero-order valence-electron chi connectivity index (χ0n) is 23.6. The van der Waals surface area contributed by atoms with Gasteiger partial charge < -0.3 is 14.4 Å². The molecule has 2 fully saturated rings. The van der Waals surface area contributed by atoms with Crippen molar-refractivity contribution < 1.29 is 14.3 Å². The molecule has 2 saturated heterocycles. The smallest absolute Gasteiger partial charge is 0.195 e. The summed E-state index contributed by atoms with van der Waals surface area (Å²) < 4.78 is 12.4. The van der Waals surface area contributed by atoms with Gasteiger partial charge in [0.15, 0.2) is 5.78 Å². The monoisotopic (exact) mass is 554 g/mol. The van der Waals surface area contributed by atoms with E-state index in [0.717, 1.165) is 83.2 Å². The molecule has 6 heteroatoms. The Hall–Kier alpha value is -3.03. The molecule has 4 aromatic rings. The van der Waals surface area contributed by atoms with Gasteiger partial charge in [-0.05, 0) is 68.1 Å². The van der Waals surface area contributed by atoms with Crippen molar-refractivity contribution >= 4 is 27.2 Å². The SMILES string of the molecule is COc1cc(C(=O)c2c(-c3ccc(CCN4CCCC4)cc3)sc3cc(C)ccc23)ccc1CN1CCOCC1. The first kappa shape index (κ1) is 27.2. The quantitative estimate of drug-likeness (QED) is 0.219. The first-order valence-electron chi connectivity index (χ1n) is 14.5. The van der Waals surface area contributed by atoms with Crippen molar-refractivity contribution in [1.82, 2.24) is 9.80 Å². The van der Waals surface area contributed by atoms with Crippen molar-refractivity contribution in [2.24, 2.45) is 0 Å². The Morgan fingerprint density at radius 1 is 0.925 bits per heavy atom. The summed E-state index contributed by atoms with van der Waals surface area (Å²) in [7, 11) is 1.69. The Kier molecular flexibility index (Phi) is 8.30. The van der Waals surface area contributed by atoms with E-state index in [1.54, 1.807) is 18.4 Å². The molecule has 3 heterocycles. The highest BCUT2D eigenvalue weighted by atomic mass is 32.1. The molecule has 0 unspecified atom stereocenters. The van der Waals surface area contributed by atoms with E-state index >= 15 is 0 Å². The van der Waals surface area contributed by atoms with Crippen molar-refractivity contribution in [2.45, 2.75) is 32.7 Å². The van der Waals surface area contributed by atoms with Crippen LogP contribution in [-0.2, 0) is 17.7 Å². The molecule has 0 saturated carbocycles. The number of hydrogen-bond acceptors (Lipinski definition) is 6. The van der Waals surface area contributed by atoms with Crippen LogP contribution in [0.15, 0.2) is 60.7 Å². The van der Waals surface area contributed by atoms with Crippen LogP contribution in [0.4, 0.5) is 0 Å². The molecule has 3 aromatic carbocycles. The maximum absolute atomic E-state index is 14.2. The number of thiophene rings is 1. The molecule has 40 heavy (non-hydrogen) atoms. The standard InChI is InChI=1S/C34H38N2O3S/c1-24-5-12-29-31(21-24)40-34(26-8-6-25(7-9-26)13-16-35-14-3-4-15-35)32(29)33(37)27-10-11-28(30(22-27)38-2)23-36-17-19-39-20-18-36/h5-12,21-22H,3-4,13-20,23H2,1-2H3. The first-order valence-corrected chi connectivity index (χ1v) is 15.3. The van der Waals surface area contributed by atoms with Gasteiger partial charge in [-0.1, -0.05) is 48.5 Å². The average molecular weight is 555 g/mol. The highest BCUT2D eigenvalue weighted by Crippen LogP contribution is 2.41. The molecule has 2 aliphatic heterocycles. The third-order valence-electron chi connectivity index (χ3n) is 8.25. The molecule has 208 valence electrons. The van der Waals surface area contributed by atoms with Gasteiger partial charge >= 0.3 is 0 Å². The summed E-state index contributed by atoms with van der Waals surface area (Å²) in [5.74, 6) is 0.802. The van der Waals surface area contributed by atoms with Crippen molar-refractivity contribution in [3.8, 4) is 16.2 Å². The molecule has 0 amide bonds. The van der Waals surface area contributed by atoms with Crippen LogP contribution in [0.3, 0.4) is 0 Å². The maximum Gasteiger partial charge on any atom is 0.195 e. The van der Waals surface area contributed by atoms with Gasteiger partial charge in [-0.25, -0.2) is 0 Å². The van der Waals surface area contributed by atoms with E-state index < -0.39 is 0 Å².